The van der Waals surface area contributed by atoms with Gasteiger partial charge in [-0.1, -0.05) is 18.2 Å². The number of anilines is 1. The summed E-state index contributed by atoms with van der Waals surface area (Å²) in [5, 5.41) is 4.90. The smallest absolute Gasteiger partial charge is 0.227 e. The van der Waals surface area contributed by atoms with Gasteiger partial charge in [0, 0.05) is 17.8 Å². The lowest BCUT2D eigenvalue weighted by atomic mass is 10.1. The Labute approximate surface area is 145 Å². The molecule has 3 rings (SSSR count). The van der Waals surface area contributed by atoms with E-state index in [0.717, 1.165) is 10.6 Å². The molecule has 1 aromatic carbocycles. The van der Waals surface area contributed by atoms with E-state index in [1.54, 1.807) is 16.2 Å². The minimum atomic E-state index is -0.327. The first kappa shape index (κ1) is 16.5. The van der Waals surface area contributed by atoms with Crippen LogP contribution >= 0.6 is 11.3 Å². The van der Waals surface area contributed by atoms with Crippen LogP contribution in [0, 0.1) is 5.92 Å². The molecule has 1 saturated heterocycles. The van der Waals surface area contributed by atoms with Crippen LogP contribution in [0.2, 0.25) is 0 Å². The number of ether oxygens (including phenoxy) is 1. The topological polar surface area (TPSA) is 58.6 Å². The Hall–Kier alpha value is -2.34. The maximum Gasteiger partial charge on any atom is 0.227 e. The van der Waals surface area contributed by atoms with Gasteiger partial charge in [0.05, 0.1) is 24.8 Å². The number of hydrogen-bond donors (Lipinski definition) is 1. The minimum absolute atomic E-state index is 0.0431. The van der Waals surface area contributed by atoms with Crippen molar-refractivity contribution in [1.82, 2.24) is 5.32 Å². The van der Waals surface area contributed by atoms with E-state index >= 15 is 0 Å². The predicted octanol–water partition coefficient (Wildman–Crippen LogP) is 2.82. The number of nitrogens with one attached hydrogen (secondary N) is 1. The molecule has 2 aromatic rings. The highest BCUT2D eigenvalue weighted by atomic mass is 32.1. The van der Waals surface area contributed by atoms with Crippen molar-refractivity contribution >= 4 is 28.8 Å². The molecule has 1 aliphatic heterocycles. The van der Waals surface area contributed by atoms with Crippen LogP contribution in [0.25, 0.3) is 0 Å². The second-order valence-corrected chi connectivity index (χ2v) is 6.64. The summed E-state index contributed by atoms with van der Waals surface area (Å²) < 4.78 is 5.60. The van der Waals surface area contributed by atoms with Gasteiger partial charge in [0.15, 0.2) is 0 Å². The Morgan fingerprint density at radius 2 is 2.17 bits per heavy atom. The molecule has 0 saturated carbocycles. The second kappa shape index (κ2) is 7.49. The number of benzene rings is 1. The molecule has 1 unspecified atom stereocenters. The Morgan fingerprint density at radius 3 is 2.92 bits per heavy atom. The standard InChI is InChI=1S/C18H20N2O3S/c1-2-23-16-8-4-3-7-15(16)20-12-13(10-17(20)21)18(22)19-11-14-6-5-9-24-14/h3-9,13H,2,10-12H2,1H3,(H,19,22). The van der Waals surface area contributed by atoms with Crippen molar-refractivity contribution in [2.24, 2.45) is 5.92 Å². The van der Waals surface area contributed by atoms with Gasteiger partial charge in [-0.3, -0.25) is 9.59 Å². The van der Waals surface area contributed by atoms with E-state index in [4.69, 9.17) is 4.74 Å². The maximum absolute atomic E-state index is 12.4. The molecule has 0 bridgehead atoms. The molecule has 0 aliphatic carbocycles. The molecule has 5 nitrogen and oxygen atoms in total. The van der Waals surface area contributed by atoms with E-state index in [0.29, 0.717) is 25.4 Å². The first-order valence-corrected chi connectivity index (χ1v) is 8.89. The van der Waals surface area contributed by atoms with Gasteiger partial charge in [0.25, 0.3) is 0 Å². The highest BCUT2D eigenvalue weighted by Crippen LogP contribution is 2.33. The third-order valence-corrected chi connectivity index (χ3v) is 4.85. The lowest BCUT2D eigenvalue weighted by Crippen LogP contribution is -2.32. The summed E-state index contributed by atoms with van der Waals surface area (Å²) in [6, 6.07) is 11.4. The molecule has 1 N–H and O–H groups in total. The molecule has 6 heteroatoms. The van der Waals surface area contributed by atoms with E-state index in [2.05, 4.69) is 5.32 Å². The monoisotopic (exact) mass is 344 g/mol. The number of carbonyl (C=O) groups excluding carboxylic acids is 2. The van der Waals surface area contributed by atoms with Crippen molar-refractivity contribution in [1.29, 1.82) is 0 Å². The predicted molar refractivity (Wildman–Crippen MR) is 94.2 cm³/mol. The summed E-state index contributed by atoms with van der Waals surface area (Å²) in [6.07, 6.45) is 0.233. The van der Waals surface area contributed by atoms with Crippen LogP contribution in [0.3, 0.4) is 0 Å². The Kier molecular flexibility index (Phi) is 5.15. The molecule has 1 fully saturated rings. The fourth-order valence-corrected chi connectivity index (χ4v) is 3.45. The van der Waals surface area contributed by atoms with Crippen molar-refractivity contribution in [2.75, 3.05) is 18.1 Å². The molecule has 1 aromatic heterocycles. The van der Waals surface area contributed by atoms with E-state index in [1.165, 1.54) is 0 Å². The fraction of sp³-hybridized carbons (Fsp3) is 0.333. The van der Waals surface area contributed by atoms with Gasteiger partial charge in [-0.2, -0.15) is 0 Å². The average Bonchev–Trinajstić information content (AvgIpc) is 3.23. The number of rotatable bonds is 6. The zero-order valence-corrected chi connectivity index (χ0v) is 14.3. The molecule has 2 heterocycles. The van der Waals surface area contributed by atoms with Crippen molar-refractivity contribution in [3.05, 3.63) is 46.7 Å². The molecular weight excluding hydrogens is 324 g/mol. The van der Waals surface area contributed by atoms with Gasteiger partial charge in [-0.25, -0.2) is 0 Å². The molecule has 0 radical (unpaired) electrons. The van der Waals surface area contributed by atoms with Crippen molar-refractivity contribution in [3.63, 3.8) is 0 Å². The minimum Gasteiger partial charge on any atom is -0.492 e. The van der Waals surface area contributed by atoms with Crippen molar-refractivity contribution < 1.29 is 14.3 Å². The number of amides is 2. The van der Waals surface area contributed by atoms with E-state index < -0.39 is 0 Å². The molecule has 1 atom stereocenters. The van der Waals surface area contributed by atoms with Gasteiger partial charge in [0.2, 0.25) is 11.8 Å². The number of hydrogen-bond acceptors (Lipinski definition) is 4. The molecule has 126 valence electrons. The summed E-state index contributed by atoms with van der Waals surface area (Å²) in [4.78, 5) is 27.5. The van der Waals surface area contributed by atoms with Gasteiger partial charge in [-0.15, -0.1) is 11.3 Å². The second-order valence-electron chi connectivity index (χ2n) is 5.60. The normalized spacial score (nSPS) is 17.1. The van der Waals surface area contributed by atoms with Crippen LogP contribution < -0.4 is 15.0 Å². The third-order valence-electron chi connectivity index (χ3n) is 3.97. The van der Waals surface area contributed by atoms with E-state index in [-0.39, 0.29) is 24.2 Å². The number of para-hydroxylation sites is 2. The van der Waals surface area contributed by atoms with Crippen LogP contribution in [0.5, 0.6) is 5.75 Å². The summed E-state index contributed by atoms with van der Waals surface area (Å²) in [5.74, 6) is 0.228. The molecule has 24 heavy (non-hydrogen) atoms. The van der Waals surface area contributed by atoms with Crippen LogP contribution in [0.15, 0.2) is 41.8 Å². The highest BCUT2D eigenvalue weighted by Gasteiger charge is 2.36. The number of thiophene rings is 1. The lowest BCUT2D eigenvalue weighted by molar-refractivity contribution is -0.126. The zero-order chi connectivity index (χ0) is 16.9. The van der Waals surface area contributed by atoms with Crippen molar-refractivity contribution in [3.8, 4) is 5.75 Å². The first-order chi connectivity index (χ1) is 11.7. The van der Waals surface area contributed by atoms with Crippen LogP contribution in [-0.2, 0) is 16.1 Å². The lowest BCUT2D eigenvalue weighted by Gasteiger charge is -2.20. The Morgan fingerprint density at radius 1 is 1.33 bits per heavy atom. The van der Waals surface area contributed by atoms with Gasteiger partial charge < -0.3 is 15.0 Å². The van der Waals surface area contributed by atoms with Gasteiger partial charge in [-0.05, 0) is 30.5 Å². The summed E-state index contributed by atoms with van der Waals surface area (Å²) >= 11 is 1.60. The fourth-order valence-electron chi connectivity index (χ4n) is 2.81. The molecular formula is C18H20N2O3S. The first-order valence-electron chi connectivity index (χ1n) is 8.01. The molecule has 0 spiro atoms. The van der Waals surface area contributed by atoms with E-state index in [1.807, 2.05) is 48.7 Å². The Balaban J connectivity index is 1.66. The summed E-state index contributed by atoms with van der Waals surface area (Å²) in [6.45, 7) is 3.34. The quantitative estimate of drug-likeness (QED) is 0.877. The van der Waals surface area contributed by atoms with Crippen LogP contribution in [-0.4, -0.2) is 25.0 Å². The third kappa shape index (κ3) is 3.59. The van der Waals surface area contributed by atoms with Crippen LogP contribution in [0.1, 0.15) is 18.2 Å². The summed E-state index contributed by atoms with van der Waals surface area (Å²) in [7, 11) is 0. The van der Waals surface area contributed by atoms with Gasteiger partial charge in [0.1, 0.15) is 5.75 Å². The SMILES string of the molecule is CCOc1ccccc1N1CC(C(=O)NCc2cccs2)CC1=O. The number of carbonyl (C=O) groups is 2. The van der Waals surface area contributed by atoms with E-state index in [9.17, 15) is 9.59 Å². The summed E-state index contributed by atoms with van der Waals surface area (Å²) in [5.41, 5.74) is 0.734. The molecule has 2 amide bonds. The largest absolute Gasteiger partial charge is 0.492 e. The maximum atomic E-state index is 12.4. The molecule has 1 aliphatic rings. The highest BCUT2D eigenvalue weighted by molar-refractivity contribution is 7.09. The average molecular weight is 344 g/mol. The van der Waals surface area contributed by atoms with Gasteiger partial charge >= 0.3 is 0 Å². The number of nitrogens with zero attached hydrogens (tertiary/aromatic N) is 1. The van der Waals surface area contributed by atoms with Crippen LogP contribution in [0.4, 0.5) is 5.69 Å². The zero-order valence-electron chi connectivity index (χ0n) is 13.5. The van der Waals surface area contributed by atoms with Crippen molar-refractivity contribution in [2.45, 2.75) is 19.9 Å². The Bertz CT molecular complexity index is 715.